The van der Waals surface area contributed by atoms with Crippen molar-refractivity contribution in [2.45, 2.75) is 29.0 Å². The van der Waals surface area contributed by atoms with Gasteiger partial charge < -0.3 is 20.5 Å². The quantitative estimate of drug-likeness (QED) is 0.185. The number of alkyl halides is 3. The van der Waals surface area contributed by atoms with Gasteiger partial charge in [0.1, 0.15) is 11.5 Å². The lowest BCUT2D eigenvalue weighted by atomic mass is 10.1. The van der Waals surface area contributed by atoms with Crippen molar-refractivity contribution in [1.29, 1.82) is 0 Å². The van der Waals surface area contributed by atoms with Gasteiger partial charge in [0.25, 0.3) is 12.2 Å². The molecule has 3 aliphatic rings. The molecule has 0 bridgehead atoms. The predicted molar refractivity (Wildman–Crippen MR) is 156 cm³/mol. The first kappa shape index (κ1) is 28.0. The zero-order valence-electron chi connectivity index (χ0n) is 21.6. The molecule has 0 spiro atoms. The molecule has 8 nitrogen and oxygen atoms in total. The monoisotopic (exact) mass is 610 g/mol. The zero-order chi connectivity index (χ0) is 29.4. The van der Waals surface area contributed by atoms with Crippen molar-refractivity contribution in [3.8, 4) is 11.5 Å². The number of benzene rings is 3. The molecule has 3 aliphatic heterocycles. The molecule has 3 atom stereocenters. The second-order valence-corrected chi connectivity index (χ2v) is 11.0. The van der Waals surface area contributed by atoms with Crippen LogP contribution in [0.5, 0.6) is 11.5 Å². The van der Waals surface area contributed by atoms with Crippen molar-refractivity contribution < 1.29 is 32.4 Å². The number of anilines is 1. The van der Waals surface area contributed by atoms with Gasteiger partial charge in [-0.2, -0.15) is 17.7 Å². The molecule has 42 heavy (non-hydrogen) atoms. The van der Waals surface area contributed by atoms with E-state index in [2.05, 4.69) is 16.0 Å². The lowest BCUT2D eigenvalue weighted by molar-refractivity contribution is -0.489. The third-order valence-corrected chi connectivity index (χ3v) is 8.08. The van der Waals surface area contributed by atoms with Crippen molar-refractivity contribution in [3.63, 3.8) is 0 Å². The molecule has 4 N–H and O–H groups in total. The second kappa shape index (κ2) is 11.2. The van der Waals surface area contributed by atoms with Crippen LogP contribution in [0, 0.1) is 0 Å². The van der Waals surface area contributed by atoms with E-state index < -0.39 is 29.2 Å². The standard InChI is InChI=1S/C29H22F3N5O3S2/c30-29(31,32)17-5-4-8-21(15-17)42-25-23(36-14-13-33-27(36)35-25)16-22-24(38)34-28(41)37(26(22)39)18-9-11-20(12-10-18)40-19-6-2-1-3-7-19/h1-16,24-25,27,35,38H,(H-,33,34,39,41)/p+1. The molecule has 214 valence electrons. The molecule has 1 fully saturated rings. The van der Waals surface area contributed by atoms with Crippen LogP contribution in [0.3, 0.4) is 0 Å². The van der Waals surface area contributed by atoms with E-state index in [0.717, 1.165) is 23.9 Å². The number of amides is 1. The van der Waals surface area contributed by atoms with E-state index in [1.54, 1.807) is 42.7 Å². The summed E-state index contributed by atoms with van der Waals surface area (Å²) in [6.07, 6.45) is -1.25. The van der Waals surface area contributed by atoms with Crippen LogP contribution in [0.1, 0.15) is 5.56 Å². The number of nitrogens with one attached hydrogen (secondary N) is 3. The molecule has 0 radical (unpaired) electrons. The minimum atomic E-state index is -4.48. The van der Waals surface area contributed by atoms with Crippen molar-refractivity contribution in [2.24, 2.45) is 0 Å². The normalized spacial score (nSPS) is 22.8. The van der Waals surface area contributed by atoms with Gasteiger partial charge in [0.2, 0.25) is 5.71 Å². The Morgan fingerprint density at radius 3 is 2.50 bits per heavy atom. The van der Waals surface area contributed by atoms with E-state index >= 15 is 0 Å². The molecule has 13 heteroatoms. The third-order valence-electron chi connectivity index (χ3n) is 6.64. The molecule has 0 aromatic heterocycles. The second-order valence-electron chi connectivity index (χ2n) is 9.41. The molecule has 1 saturated heterocycles. The number of fused-ring (bicyclic) bond motifs is 1. The maximum atomic E-state index is 13.7. The fourth-order valence-corrected chi connectivity index (χ4v) is 6.09. The Morgan fingerprint density at radius 1 is 1.02 bits per heavy atom. The molecule has 3 aromatic carbocycles. The van der Waals surface area contributed by atoms with Crippen LogP contribution < -0.4 is 25.6 Å². The summed E-state index contributed by atoms with van der Waals surface area (Å²) in [5, 5.41) is 19.5. The number of ether oxygens (including phenoxy) is 1. The van der Waals surface area contributed by atoms with E-state index in [0.29, 0.717) is 27.8 Å². The van der Waals surface area contributed by atoms with Gasteiger partial charge in [0.15, 0.2) is 22.9 Å². The Morgan fingerprint density at radius 2 is 1.76 bits per heavy atom. The van der Waals surface area contributed by atoms with Gasteiger partial charge in [-0.1, -0.05) is 36.0 Å². The highest BCUT2D eigenvalue weighted by Gasteiger charge is 2.44. The van der Waals surface area contributed by atoms with Crippen molar-refractivity contribution in [3.05, 3.63) is 108 Å². The average Bonchev–Trinajstić information content (AvgIpc) is 3.54. The molecule has 6 rings (SSSR count). The summed E-state index contributed by atoms with van der Waals surface area (Å²) in [5.41, 5.74) is 0.281. The van der Waals surface area contributed by atoms with Gasteiger partial charge in [-0.05, 0) is 66.8 Å². The molecular formula is C29H23F3N5O3S2+. The largest absolute Gasteiger partial charge is 0.457 e. The molecule has 0 aliphatic carbocycles. The number of carbonyl (C=O) groups is 1. The summed E-state index contributed by atoms with van der Waals surface area (Å²) in [5.74, 6) is 0.678. The van der Waals surface area contributed by atoms with Crippen molar-refractivity contribution in [2.75, 3.05) is 4.90 Å². The highest BCUT2D eigenvalue weighted by atomic mass is 32.2. The van der Waals surface area contributed by atoms with Gasteiger partial charge in [-0.25, -0.2) is 5.32 Å². The van der Waals surface area contributed by atoms with Crippen molar-refractivity contribution in [1.82, 2.24) is 16.0 Å². The SMILES string of the molecule is O=C1C(=CC2=[N+]3C=CNC3NC2Sc2cccc(C(F)(F)F)c2)C(O)NC(=S)N1c1ccc(Oc2ccccc2)cc1. The maximum Gasteiger partial charge on any atom is 0.416 e. The summed E-state index contributed by atoms with van der Waals surface area (Å²) in [6.45, 7) is 0. The van der Waals surface area contributed by atoms with E-state index in [9.17, 15) is 23.1 Å². The Kier molecular flexibility index (Phi) is 7.49. The van der Waals surface area contributed by atoms with Crippen LogP contribution in [0.25, 0.3) is 0 Å². The van der Waals surface area contributed by atoms with Gasteiger partial charge in [0.05, 0.1) is 23.0 Å². The van der Waals surface area contributed by atoms with Gasteiger partial charge in [-0.15, -0.1) is 0 Å². The number of rotatable bonds is 6. The summed E-state index contributed by atoms with van der Waals surface area (Å²) in [7, 11) is 0. The number of hydrogen-bond acceptors (Lipinski definition) is 7. The lowest BCUT2D eigenvalue weighted by Crippen LogP contribution is -2.56. The van der Waals surface area contributed by atoms with Crippen LogP contribution in [0.15, 0.2) is 108 Å². The summed E-state index contributed by atoms with van der Waals surface area (Å²) < 4.78 is 47.6. The Bertz CT molecular complexity index is 1630. The number of aliphatic hydroxyl groups excluding tert-OH is 1. The van der Waals surface area contributed by atoms with Gasteiger partial charge in [-0.3, -0.25) is 9.69 Å². The van der Waals surface area contributed by atoms with Crippen LogP contribution >= 0.6 is 24.0 Å². The van der Waals surface area contributed by atoms with E-state index in [-0.39, 0.29) is 17.0 Å². The number of aliphatic hydroxyl groups is 1. The van der Waals surface area contributed by atoms with Crippen LogP contribution in [-0.4, -0.2) is 44.3 Å². The number of para-hydroxylation sites is 1. The smallest absolute Gasteiger partial charge is 0.416 e. The third kappa shape index (κ3) is 5.63. The molecule has 3 aromatic rings. The number of thiocarbonyl (C=S) groups is 1. The molecule has 3 heterocycles. The first-order valence-corrected chi connectivity index (χ1v) is 14.0. The number of carbonyl (C=O) groups excluding carboxylic acids is 1. The highest BCUT2D eigenvalue weighted by Crippen LogP contribution is 2.34. The van der Waals surface area contributed by atoms with Crippen molar-refractivity contribution >= 4 is 46.4 Å². The van der Waals surface area contributed by atoms with Gasteiger partial charge >= 0.3 is 6.18 Å². The number of nitrogens with zero attached hydrogens (tertiary/aromatic N) is 2. The fourth-order valence-electron chi connectivity index (χ4n) is 4.65. The first-order valence-electron chi connectivity index (χ1n) is 12.7. The Labute approximate surface area is 248 Å². The number of halogens is 3. The number of thioether (sulfide) groups is 1. The summed E-state index contributed by atoms with van der Waals surface area (Å²) in [6, 6.07) is 21.0. The molecule has 3 unspecified atom stereocenters. The van der Waals surface area contributed by atoms with E-state index in [4.69, 9.17) is 17.0 Å². The predicted octanol–water partition coefficient (Wildman–Crippen LogP) is 4.50. The van der Waals surface area contributed by atoms with Crippen LogP contribution in [0.2, 0.25) is 0 Å². The zero-order valence-corrected chi connectivity index (χ0v) is 23.2. The topological polar surface area (TPSA) is 88.9 Å². The first-order chi connectivity index (χ1) is 20.2. The average molecular weight is 611 g/mol. The summed E-state index contributed by atoms with van der Waals surface area (Å²) in [4.78, 5) is 15.4. The minimum absolute atomic E-state index is 0.0144. The highest BCUT2D eigenvalue weighted by molar-refractivity contribution is 8.00. The van der Waals surface area contributed by atoms with Gasteiger partial charge in [0, 0.05) is 11.0 Å². The molecular weight excluding hydrogens is 587 g/mol. The minimum Gasteiger partial charge on any atom is -0.457 e. The van der Waals surface area contributed by atoms with Crippen LogP contribution in [-0.2, 0) is 11.0 Å². The van der Waals surface area contributed by atoms with E-state index in [1.807, 2.05) is 34.9 Å². The summed E-state index contributed by atoms with van der Waals surface area (Å²) >= 11 is 6.55. The number of hydrogen-bond donors (Lipinski definition) is 4. The van der Waals surface area contributed by atoms with E-state index in [1.165, 1.54) is 17.0 Å². The Hall–Kier alpha value is -4.17. The van der Waals surface area contributed by atoms with Crippen LogP contribution in [0.4, 0.5) is 18.9 Å². The lowest BCUT2D eigenvalue weighted by Gasteiger charge is -2.33. The molecule has 1 amide bonds. The fraction of sp³-hybridized carbons (Fsp3) is 0.138. The Balaban J connectivity index is 1.28. The molecule has 0 saturated carbocycles. The maximum absolute atomic E-state index is 13.7.